The van der Waals surface area contributed by atoms with Crippen LogP contribution in [0.4, 0.5) is 0 Å². The Labute approximate surface area is 123 Å². The molecule has 1 heterocycles. The predicted molar refractivity (Wildman–Crippen MR) is 75.5 cm³/mol. The molecule has 1 fully saturated rings. The summed E-state index contributed by atoms with van der Waals surface area (Å²) >= 11 is 0. The third-order valence-electron chi connectivity index (χ3n) is 3.24. The lowest BCUT2D eigenvalue weighted by atomic mass is 10.1. The number of aromatic carboxylic acids is 1. The summed E-state index contributed by atoms with van der Waals surface area (Å²) in [7, 11) is 0. The van der Waals surface area contributed by atoms with Gasteiger partial charge in [0.1, 0.15) is 0 Å². The number of hydrogen-bond acceptors (Lipinski definition) is 4. The number of nitrogens with one attached hydrogen (secondary N) is 1. The molecular formula is C15H19NO5. The predicted octanol–water partition coefficient (Wildman–Crippen LogP) is 1.31. The summed E-state index contributed by atoms with van der Waals surface area (Å²) in [5, 5.41) is 11.6. The lowest BCUT2D eigenvalue weighted by Crippen LogP contribution is -2.37. The van der Waals surface area contributed by atoms with Crippen LogP contribution in [0.3, 0.4) is 0 Å². The number of hydrogen-bond donors (Lipinski definition) is 2. The summed E-state index contributed by atoms with van der Waals surface area (Å²) in [6.07, 6.45) is 0.997. The number of carboxylic acid groups (broad SMARTS) is 1. The number of benzene rings is 1. The van der Waals surface area contributed by atoms with Gasteiger partial charge in [-0.25, -0.2) is 4.79 Å². The largest absolute Gasteiger partial charge is 0.478 e. The van der Waals surface area contributed by atoms with Crippen LogP contribution in [-0.2, 0) is 9.47 Å². The highest BCUT2D eigenvalue weighted by molar-refractivity contribution is 5.96. The molecule has 0 bridgehead atoms. The van der Waals surface area contributed by atoms with Crippen molar-refractivity contribution in [1.29, 1.82) is 0 Å². The van der Waals surface area contributed by atoms with Gasteiger partial charge in [-0.1, -0.05) is 0 Å². The van der Waals surface area contributed by atoms with Gasteiger partial charge >= 0.3 is 5.97 Å². The van der Waals surface area contributed by atoms with Gasteiger partial charge in [-0.3, -0.25) is 4.79 Å². The fourth-order valence-corrected chi connectivity index (χ4v) is 2.04. The van der Waals surface area contributed by atoms with Gasteiger partial charge in [0.2, 0.25) is 0 Å². The maximum Gasteiger partial charge on any atom is 0.335 e. The molecule has 0 aliphatic carbocycles. The molecule has 21 heavy (non-hydrogen) atoms. The van der Waals surface area contributed by atoms with Gasteiger partial charge in [-0.2, -0.15) is 0 Å². The molecular weight excluding hydrogens is 274 g/mol. The molecule has 2 atom stereocenters. The monoisotopic (exact) mass is 293 g/mol. The van der Waals surface area contributed by atoms with Crippen molar-refractivity contribution in [3.8, 4) is 0 Å². The second-order valence-corrected chi connectivity index (χ2v) is 5.08. The van der Waals surface area contributed by atoms with Crippen molar-refractivity contribution >= 4 is 11.9 Å². The van der Waals surface area contributed by atoms with E-state index in [1.54, 1.807) is 0 Å². The van der Waals surface area contributed by atoms with E-state index in [0.717, 1.165) is 13.0 Å². The average Bonchev–Trinajstić information content (AvgIpc) is 2.98. The second-order valence-electron chi connectivity index (χ2n) is 5.08. The molecule has 1 aromatic rings. The molecule has 1 aliphatic heterocycles. The van der Waals surface area contributed by atoms with E-state index in [-0.39, 0.29) is 23.6 Å². The van der Waals surface area contributed by atoms with Crippen molar-refractivity contribution in [3.05, 3.63) is 35.4 Å². The van der Waals surface area contributed by atoms with Gasteiger partial charge in [0.15, 0.2) is 0 Å². The summed E-state index contributed by atoms with van der Waals surface area (Å²) in [4.78, 5) is 22.7. The minimum absolute atomic E-state index is 0.110. The van der Waals surface area contributed by atoms with E-state index < -0.39 is 5.97 Å². The molecule has 0 unspecified atom stereocenters. The zero-order valence-electron chi connectivity index (χ0n) is 11.9. The minimum Gasteiger partial charge on any atom is -0.478 e. The average molecular weight is 293 g/mol. The zero-order valence-corrected chi connectivity index (χ0v) is 11.9. The molecule has 6 nitrogen and oxygen atoms in total. The zero-order chi connectivity index (χ0) is 15.2. The van der Waals surface area contributed by atoms with Crippen molar-refractivity contribution < 1.29 is 24.2 Å². The Morgan fingerprint density at radius 3 is 2.62 bits per heavy atom. The fourth-order valence-electron chi connectivity index (χ4n) is 2.04. The van der Waals surface area contributed by atoms with E-state index in [4.69, 9.17) is 14.6 Å². The van der Waals surface area contributed by atoms with Gasteiger partial charge in [0, 0.05) is 18.2 Å². The summed E-state index contributed by atoms with van der Waals surface area (Å²) in [6, 6.07) is 5.69. The summed E-state index contributed by atoms with van der Waals surface area (Å²) in [5.41, 5.74) is 0.584. The smallest absolute Gasteiger partial charge is 0.335 e. The van der Waals surface area contributed by atoms with Crippen LogP contribution in [0.15, 0.2) is 24.3 Å². The Morgan fingerprint density at radius 1 is 1.38 bits per heavy atom. The first kappa shape index (κ1) is 15.5. The first-order valence-electron chi connectivity index (χ1n) is 6.90. The van der Waals surface area contributed by atoms with Crippen molar-refractivity contribution in [2.75, 3.05) is 19.8 Å². The number of rotatable bonds is 6. The quantitative estimate of drug-likeness (QED) is 0.826. The Morgan fingerprint density at radius 2 is 2.05 bits per heavy atom. The molecule has 1 aromatic carbocycles. The van der Waals surface area contributed by atoms with Crippen LogP contribution in [-0.4, -0.2) is 48.9 Å². The van der Waals surface area contributed by atoms with E-state index in [0.29, 0.717) is 18.8 Å². The molecule has 0 aromatic heterocycles. The highest BCUT2D eigenvalue weighted by atomic mass is 16.5. The molecule has 1 saturated heterocycles. The van der Waals surface area contributed by atoms with Crippen molar-refractivity contribution in [2.45, 2.75) is 25.5 Å². The number of ether oxygens (including phenoxy) is 2. The Hall–Kier alpha value is -1.92. The lowest BCUT2D eigenvalue weighted by molar-refractivity contribution is 0.0318. The molecule has 0 saturated carbocycles. The maximum absolute atomic E-state index is 12.0. The van der Waals surface area contributed by atoms with Gasteiger partial charge in [0.25, 0.3) is 5.91 Å². The highest BCUT2D eigenvalue weighted by Crippen LogP contribution is 2.09. The first-order valence-corrected chi connectivity index (χ1v) is 6.90. The van der Waals surface area contributed by atoms with E-state index in [1.165, 1.54) is 24.3 Å². The van der Waals surface area contributed by atoms with E-state index in [1.807, 2.05) is 6.92 Å². The van der Waals surface area contributed by atoms with Crippen LogP contribution in [0.5, 0.6) is 0 Å². The normalized spacial score (nSPS) is 19.2. The Balaban J connectivity index is 1.80. The van der Waals surface area contributed by atoms with Crippen molar-refractivity contribution in [1.82, 2.24) is 5.32 Å². The lowest BCUT2D eigenvalue weighted by Gasteiger charge is -2.17. The van der Waals surface area contributed by atoms with Crippen LogP contribution in [0.25, 0.3) is 0 Å². The van der Waals surface area contributed by atoms with E-state index in [2.05, 4.69) is 5.32 Å². The molecule has 0 spiro atoms. The van der Waals surface area contributed by atoms with Crippen LogP contribution >= 0.6 is 0 Å². The molecule has 1 aliphatic rings. The van der Waals surface area contributed by atoms with Crippen molar-refractivity contribution in [3.63, 3.8) is 0 Å². The third-order valence-corrected chi connectivity index (χ3v) is 3.24. The third kappa shape index (κ3) is 4.54. The number of carboxylic acids is 1. The Bertz CT molecular complexity index is 493. The van der Waals surface area contributed by atoms with Gasteiger partial charge in [-0.15, -0.1) is 0 Å². The van der Waals surface area contributed by atoms with Crippen LogP contribution < -0.4 is 5.32 Å². The minimum atomic E-state index is -1.01. The number of amides is 1. The SMILES string of the molecule is C[C@H](CO[C@H]1CCOC1)NC(=O)c1ccc(C(=O)O)cc1. The molecule has 6 heteroatoms. The van der Waals surface area contributed by atoms with Crippen molar-refractivity contribution in [2.24, 2.45) is 0 Å². The van der Waals surface area contributed by atoms with Crippen LogP contribution in [0.1, 0.15) is 34.1 Å². The topological polar surface area (TPSA) is 84.9 Å². The van der Waals surface area contributed by atoms with E-state index in [9.17, 15) is 9.59 Å². The number of carbonyl (C=O) groups excluding carboxylic acids is 1. The summed E-state index contributed by atoms with van der Waals surface area (Å²) in [5.74, 6) is -1.26. The fraction of sp³-hybridized carbons (Fsp3) is 0.467. The van der Waals surface area contributed by atoms with Gasteiger partial charge in [-0.05, 0) is 37.6 Å². The maximum atomic E-state index is 12.0. The standard InChI is InChI=1S/C15H19NO5/c1-10(8-21-13-6-7-20-9-13)16-14(17)11-2-4-12(5-3-11)15(18)19/h2-5,10,13H,6-9H2,1H3,(H,16,17)(H,18,19)/t10-,13+/m1/s1. The molecule has 2 N–H and O–H groups in total. The van der Waals surface area contributed by atoms with Gasteiger partial charge < -0.3 is 19.9 Å². The summed E-state index contributed by atoms with van der Waals surface area (Å²) < 4.78 is 10.8. The van der Waals surface area contributed by atoms with Crippen LogP contribution in [0, 0.1) is 0 Å². The Kier molecular flexibility index (Phi) is 5.30. The highest BCUT2D eigenvalue weighted by Gasteiger charge is 2.18. The van der Waals surface area contributed by atoms with Gasteiger partial charge in [0.05, 0.1) is 24.9 Å². The second kappa shape index (κ2) is 7.19. The molecule has 114 valence electrons. The first-order chi connectivity index (χ1) is 10.1. The summed E-state index contributed by atoms with van der Waals surface area (Å²) in [6.45, 7) is 3.62. The molecule has 2 rings (SSSR count). The van der Waals surface area contributed by atoms with Crippen LogP contribution in [0.2, 0.25) is 0 Å². The van der Waals surface area contributed by atoms with E-state index >= 15 is 0 Å². The number of carbonyl (C=O) groups is 2. The molecule has 1 amide bonds. The molecule has 0 radical (unpaired) electrons.